The molecule has 0 N–H and O–H groups in total. The number of amides is 1. The van der Waals surface area contributed by atoms with Gasteiger partial charge in [-0.15, -0.1) is 0 Å². The van der Waals surface area contributed by atoms with Crippen LogP contribution < -0.4 is 4.90 Å². The third-order valence-electron chi connectivity index (χ3n) is 6.68. The van der Waals surface area contributed by atoms with E-state index in [2.05, 4.69) is 27.9 Å². The van der Waals surface area contributed by atoms with Gasteiger partial charge in [-0.3, -0.25) is 19.4 Å². The van der Waals surface area contributed by atoms with E-state index in [1.54, 1.807) is 12.3 Å². The van der Waals surface area contributed by atoms with Crippen molar-refractivity contribution in [2.45, 2.75) is 39.5 Å². The number of pyridine rings is 1. The van der Waals surface area contributed by atoms with Crippen molar-refractivity contribution in [2.75, 3.05) is 51.3 Å². The van der Waals surface area contributed by atoms with Crippen molar-refractivity contribution in [3.8, 4) is 0 Å². The van der Waals surface area contributed by atoms with Crippen LogP contribution in [0.1, 0.15) is 39.5 Å². The first-order valence-electron chi connectivity index (χ1n) is 12.8. The van der Waals surface area contributed by atoms with Crippen LogP contribution in [0.3, 0.4) is 0 Å². The molecule has 0 radical (unpaired) electrons. The molecule has 1 aromatic rings. The maximum atomic E-state index is 13.5. The number of nitrogens with zero attached hydrogens (tertiary/aromatic N) is 4. The molecule has 1 aliphatic heterocycles. The highest BCUT2D eigenvalue weighted by Gasteiger charge is 2.33. The smallest absolute Gasteiger partial charge is 0.308 e. The molecule has 2 aliphatic rings. The molecule has 7 nitrogen and oxygen atoms in total. The third-order valence-corrected chi connectivity index (χ3v) is 6.68. The summed E-state index contributed by atoms with van der Waals surface area (Å²) in [6, 6.07) is 5.67. The molecule has 35 heavy (non-hydrogen) atoms. The van der Waals surface area contributed by atoms with Gasteiger partial charge in [0.2, 0.25) is 5.91 Å². The number of hydrogen-bond acceptors (Lipinski definition) is 6. The summed E-state index contributed by atoms with van der Waals surface area (Å²) in [5, 5.41) is 0. The molecule has 1 saturated heterocycles. The average Bonchev–Trinajstić information content (AvgIpc) is 2.93. The van der Waals surface area contributed by atoms with E-state index >= 15 is 0 Å². The number of carbonyl (C=O) groups excluding carboxylic acids is 2. The lowest BCUT2D eigenvalue weighted by Crippen LogP contribution is -2.49. The minimum Gasteiger partial charge on any atom is -0.469 e. The quantitative estimate of drug-likeness (QED) is 0.386. The Morgan fingerprint density at radius 3 is 2.29 bits per heavy atom. The number of piperazine rings is 1. The largest absolute Gasteiger partial charge is 0.469 e. The van der Waals surface area contributed by atoms with E-state index in [1.807, 2.05) is 49.1 Å². The molecule has 0 bridgehead atoms. The molecule has 3 rings (SSSR count). The Labute approximate surface area is 211 Å². The van der Waals surface area contributed by atoms with Gasteiger partial charge < -0.3 is 9.64 Å². The van der Waals surface area contributed by atoms with Crippen LogP contribution >= 0.6 is 0 Å². The molecular formula is C28H42N4O3. The minimum atomic E-state index is -0.163. The Kier molecular flexibility index (Phi) is 12.2. The highest BCUT2D eigenvalue weighted by molar-refractivity contribution is 5.94. The molecule has 0 aromatic carbocycles. The van der Waals surface area contributed by atoms with E-state index in [4.69, 9.17) is 4.74 Å². The normalized spacial score (nSPS) is 20.8. The van der Waals surface area contributed by atoms with Crippen molar-refractivity contribution >= 4 is 17.7 Å². The number of methoxy groups -OCH3 is 1. The van der Waals surface area contributed by atoms with Crippen LogP contribution in [0.15, 0.2) is 61.5 Å². The zero-order chi connectivity index (χ0) is 25.6. The molecule has 192 valence electrons. The van der Waals surface area contributed by atoms with Gasteiger partial charge in [-0.1, -0.05) is 39.1 Å². The fourth-order valence-electron chi connectivity index (χ4n) is 4.71. The first-order valence-corrected chi connectivity index (χ1v) is 12.8. The van der Waals surface area contributed by atoms with Gasteiger partial charge in [0.05, 0.1) is 13.0 Å². The SMILES string of the molecule is C=C/C=C(\C=C)N1CCN(CCN(C(=O)C2CCC(C(=O)OC)CC2)c2ccccn2)CC1.CC. The van der Waals surface area contributed by atoms with E-state index in [0.717, 1.165) is 38.4 Å². The van der Waals surface area contributed by atoms with Crippen LogP contribution in [0.4, 0.5) is 5.82 Å². The highest BCUT2D eigenvalue weighted by Crippen LogP contribution is 2.31. The molecule has 0 unspecified atom stereocenters. The Morgan fingerprint density at radius 1 is 1.09 bits per heavy atom. The lowest BCUT2D eigenvalue weighted by Gasteiger charge is -2.38. The number of anilines is 1. The Morgan fingerprint density at radius 2 is 1.74 bits per heavy atom. The van der Waals surface area contributed by atoms with Crippen molar-refractivity contribution in [1.82, 2.24) is 14.8 Å². The summed E-state index contributed by atoms with van der Waals surface area (Å²) in [5.74, 6) is 0.472. The highest BCUT2D eigenvalue weighted by atomic mass is 16.5. The molecule has 0 atom stereocenters. The second-order valence-electron chi connectivity index (χ2n) is 8.61. The molecule has 1 aromatic heterocycles. The Balaban J connectivity index is 0.00000210. The van der Waals surface area contributed by atoms with Crippen molar-refractivity contribution < 1.29 is 14.3 Å². The fourth-order valence-corrected chi connectivity index (χ4v) is 4.71. The number of rotatable bonds is 9. The van der Waals surface area contributed by atoms with Crippen LogP contribution in [0.5, 0.6) is 0 Å². The Bertz CT molecular complexity index is 839. The van der Waals surface area contributed by atoms with E-state index in [1.165, 1.54) is 7.11 Å². The number of carbonyl (C=O) groups is 2. The maximum Gasteiger partial charge on any atom is 0.308 e. The van der Waals surface area contributed by atoms with E-state index in [0.29, 0.717) is 38.0 Å². The molecule has 2 fully saturated rings. The van der Waals surface area contributed by atoms with Gasteiger partial charge >= 0.3 is 5.97 Å². The molecule has 1 saturated carbocycles. The maximum absolute atomic E-state index is 13.5. The summed E-state index contributed by atoms with van der Waals surface area (Å²) in [7, 11) is 1.43. The Hall–Kier alpha value is -2.93. The minimum absolute atomic E-state index is 0.0797. The van der Waals surface area contributed by atoms with E-state index in [9.17, 15) is 9.59 Å². The summed E-state index contributed by atoms with van der Waals surface area (Å²) in [4.78, 5) is 36.3. The van der Waals surface area contributed by atoms with Crippen molar-refractivity contribution in [3.05, 3.63) is 61.5 Å². The summed E-state index contributed by atoms with van der Waals surface area (Å²) in [6.45, 7) is 16.8. The van der Waals surface area contributed by atoms with Crippen LogP contribution in [0.2, 0.25) is 0 Å². The summed E-state index contributed by atoms with van der Waals surface area (Å²) in [6.07, 6.45) is 10.2. The first kappa shape index (κ1) is 28.3. The van der Waals surface area contributed by atoms with Crippen molar-refractivity contribution in [2.24, 2.45) is 11.8 Å². The predicted molar refractivity (Wildman–Crippen MR) is 142 cm³/mol. The van der Waals surface area contributed by atoms with Crippen molar-refractivity contribution in [1.29, 1.82) is 0 Å². The molecule has 1 amide bonds. The average molecular weight is 483 g/mol. The number of hydrogen-bond donors (Lipinski definition) is 0. The summed E-state index contributed by atoms with van der Waals surface area (Å²) < 4.78 is 4.88. The lowest BCUT2D eigenvalue weighted by atomic mass is 9.81. The number of aromatic nitrogens is 1. The van der Waals surface area contributed by atoms with Crippen LogP contribution in [0, 0.1) is 11.8 Å². The van der Waals surface area contributed by atoms with Gasteiger partial charge in [0.15, 0.2) is 0 Å². The zero-order valence-electron chi connectivity index (χ0n) is 21.7. The first-order chi connectivity index (χ1) is 17.1. The second kappa shape index (κ2) is 15.1. The number of allylic oxidation sites excluding steroid dienone is 3. The standard InChI is InChI=1S/C26H36N4O3.C2H6/c1-4-8-23(5-2)29-18-15-28(16-19-29)17-20-30(24-9-6-7-14-27-24)25(31)21-10-12-22(13-11-21)26(32)33-3;1-2/h4-9,14,21-22H,1-2,10-13,15-20H2,3H3;1-2H3/b23-8+;. The number of esters is 1. The summed E-state index contributed by atoms with van der Waals surface area (Å²) >= 11 is 0. The molecular weight excluding hydrogens is 440 g/mol. The van der Waals surface area contributed by atoms with Gasteiger partial charge in [0, 0.05) is 57.1 Å². The van der Waals surface area contributed by atoms with Crippen LogP contribution in [-0.2, 0) is 14.3 Å². The summed E-state index contributed by atoms with van der Waals surface area (Å²) in [5.41, 5.74) is 1.09. The third kappa shape index (κ3) is 8.06. The molecule has 2 heterocycles. The predicted octanol–water partition coefficient (Wildman–Crippen LogP) is 4.29. The van der Waals surface area contributed by atoms with Gasteiger partial charge in [0.25, 0.3) is 0 Å². The van der Waals surface area contributed by atoms with Gasteiger partial charge in [-0.05, 0) is 50.0 Å². The van der Waals surface area contributed by atoms with E-state index in [-0.39, 0.29) is 23.7 Å². The topological polar surface area (TPSA) is 66.0 Å². The van der Waals surface area contributed by atoms with E-state index < -0.39 is 0 Å². The monoisotopic (exact) mass is 482 g/mol. The molecule has 1 aliphatic carbocycles. The van der Waals surface area contributed by atoms with Gasteiger partial charge in [-0.25, -0.2) is 4.98 Å². The van der Waals surface area contributed by atoms with Gasteiger partial charge in [0.1, 0.15) is 5.82 Å². The van der Waals surface area contributed by atoms with Crippen LogP contribution in [-0.4, -0.2) is 73.0 Å². The molecule has 0 spiro atoms. The van der Waals surface area contributed by atoms with Crippen molar-refractivity contribution in [3.63, 3.8) is 0 Å². The zero-order valence-corrected chi connectivity index (χ0v) is 21.7. The number of ether oxygens (including phenoxy) is 1. The lowest BCUT2D eigenvalue weighted by molar-refractivity contribution is -0.147. The molecule has 7 heteroatoms. The van der Waals surface area contributed by atoms with Gasteiger partial charge in [-0.2, -0.15) is 0 Å². The fraction of sp³-hybridized carbons (Fsp3) is 0.536. The van der Waals surface area contributed by atoms with Crippen LogP contribution in [0.25, 0.3) is 0 Å². The second-order valence-corrected chi connectivity index (χ2v) is 8.61.